The van der Waals surface area contributed by atoms with Crippen LogP contribution in [0.4, 0.5) is 10.1 Å². The summed E-state index contributed by atoms with van der Waals surface area (Å²) < 4.78 is 13.2. The molecule has 0 aliphatic heterocycles. The summed E-state index contributed by atoms with van der Waals surface area (Å²) in [5, 5.41) is 2.68. The number of anilines is 1. The Morgan fingerprint density at radius 1 is 1.60 bits per heavy atom. The maximum Gasteiger partial charge on any atom is 0.238 e. The number of halogens is 3. The van der Waals surface area contributed by atoms with Crippen molar-refractivity contribution in [2.75, 3.05) is 5.32 Å². The Labute approximate surface area is 105 Å². The van der Waals surface area contributed by atoms with Gasteiger partial charge in [-0.05, 0) is 40.5 Å². The highest BCUT2D eigenvalue weighted by molar-refractivity contribution is 9.10. The van der Waals surface area contributed by atoms with Crippen molar-refractivity contribution in [1.29, 1.82) is 0 Å². The predicted molar refractivity (Wildman–Crippen MR) is 65.7 cm³/mol. The molecule has 1 atom stereocenters. The Balaban J connectivity index is 2.73. The first-order valence-corrected chi connectivity index (χ1v) is 6.15. The van der Waals surface area contributed by atoms with E-state index in [1.807, 2.05) is 6.92 Å². The molecule has 0 aromatic heterocycles. The molecule has 0 spiro atoms. The molecule has 0 fully saturated rings. The number of amides is 1. The zero-order valence-electron chi connectivity index (χ0n) is 8.06. The molecular formula is C10H10Br2FNO. The van der Waals surface area contributed by atoms with Gasteiger partial charge in [-0.1, -0.05) is 22.9 Å². The van der Waals surface area contributed by atoms with Crippen LogP contribution >= 0.6 is 31.9 Å². The molecule has 0 aliphatic carbocycles. The normalized spacial score (nSPS) is 12.3. The summed E-state index contributed by atoms with van der Waals surface area (Å²) in [6, 6.07) is 4.35. The van der Waals surface area contributed by atoms with E-state index in [0.717, 1.165) is 0 Å². The molecule has 2 nitrogen and oxygen atoms in total. The van der Waals surface area contributed by atoms with E-state index < -0.39 is 0 Å². The Kier molecular flexibility index (Phi) is 4.73. The van der Waals surface area contributed by atoms with E-state index in [4.69, 9.17) is 0 Å². The van der Waals surface area contributed by atoms with E-state index in [1.165, 1.54) is 18.2 Å². The van der Waals surface area contributed by atoms with Gasteiger partial charge in [0.25, 0.3) is 0 Å². The Hall–Kier alpha value is -0.420. The van der Waals surface area contributed by atoms with Crippen molar-refractivity contribution in [3.8, 4) is 0 Å². The van der Waals surface area contributed by atoms with Gasteiger partial charge in [0, 0.05) is 5.69 Å². The fourth-order valence-electron chi connectivity index (χ4n) is 0.980. The van der Waals surface area contributed by atoms with Crippen molar-refractivity contribution in [3.05, 3.63) is 28.5 Å². The van der Waals surface area contributed by atoms with Crippen LogP contribution in [0.1, 0.15) is 13.3 Å². The third-order valence-corrected chi connectivity index (χ3v) is 3.50. The minimum absolute atomic E-state index is 0.129. The topological polar surface area (TPSA) is 29.1 Å². The van der Waals surface area contributed by atoms with Gasteiger partial charge in [0.2, 0.25) is 5.91 Å². The zero-order valence-corrected chi connectivity index (χ0v) is 11.2. The summed E-state index contributed by atoms with van der Waals surface area (Å²) in [6.07, 6.45) is 0.703. The Morgan fingerprint density at radius 3 is 2.80 bits per heavy atom. The average Bonchev–Trinajstić information content (AvgIpc) is 2.22. The second-order valence-corrected chi connectivity index (χ2v) is 4.95. The van der Waals surface area contributed by atoms with Crippen molar-refractivity contribution in [2.24, 2.45) is 0 Å². The molecule has 0 bridgehead atoms. The van der Waals surface area contributed by atoms with E-state index in [2.05, 4.69) is 37.2 Å². The van der Waals surface area contributed by atoms with Crippen molar-refractivity contribution in [1.82, 2.24) is 0 Å². The van der Waals surface area contributed by atoms with E-state index in [0.29, 0.717) is 16.6 Å². The molecule has 0 heterocycles. The van der Waals surface area contributed by atoms with Crippen molar-refractivity contribution < 1.29 is 9.18 Å². The molecule has 1 N–H and O–H groups in total. The molecule has 82 valence electrons. The average molecular weight is 339 g/mol. The first kappa shape index (κ1) is 12.6. The van der Waals surface area contributed by atoms with Crippen LogP contribution in [0.25, 0.3) is 0 Å². The number of hydrogen-bond donors (Lipinski definition) is 1. The highest BCUT2D eigenvalue weighted by atomic mass is 79.9. The van der Waals surface area contributed by atoms with Crippen LogP contribution in [-0.2, 0) is 4.79 Å². The van der Waals surface area contributed by atoms with E-state index in [1.54, 1.807) is 0 Å². The maximum atomic E-state index is 12.9. The minimum Gasteiger partial charge on any atom is -0.325 e. The summed E-state index contributed by atoms with van der Waals surface area (Å²) in [4.78, 5) is 11.3. The fourth-order valence-corrected chi connectivity index (χ4v) is 1.47. The van der Waals surface area contributed by atoms with Crippen LogP contribution in [0.15, 0.2) is 22.7 Å². The number of alkyl halides is 1. The molecule has 15 heavy (non-hydrogen) atoms. The van der Waals surface area contributed by atoms with Gasteiger partial charge in [-0.15, -0.1) is 0 Å². The zero-order chi connectivity index (χ0) is 11.4. The second-order valence-electron chi connectivity index (χ2n) is 2.99. The van der Waals surface area contributed by atoms with Crippen LogP contribution in [0.2, 0.25) is 0 Å². The highest BCUT2D eigenvalue weighted by Crippen LogP contribution is 2.20. The van der Waals surface area contributed by atoms with Crippen LogP contribution in [-0.4, -0.2) is 10.7 Å². The third-order valence-electron chi connectivity index (χ3n) is 1.83. The van der Waals surface area contributed by atoms with Gasteiger partial charge < -0.3 is 5.32 Å². The third kappa shape index (κ3) is 3.57. The molecule has 0 radical (unpaired) electrons. The molecule has 0 saturated heterocycles. The molecule has 1 rings (SSSR count). The molecule has 1 unspecified atom stereocenters. The smallest absolute Gasteiger partial charge is 0.238 e. The van der Waals surface area contributed by atoms with E-state index in [-0.39, 0.29) is 16.6 Å². The van der Waals surface area contributed by atoms with E-state index in [9.17, 15) is 9.18 Å². The minimum atomic E-state index is -0.348. The Morgan fingerprint density at radius 2 is 2.27 bits per heavy atom. The van der Waals surface area contributed by atoms with Gasteiger partial charge in [0.05, 0.1) is 9.30 Å². The maximum absolute atomic E-state index is 12.9. The Bertz CT molecular complexity index is 370. The van der Waals surface area contributed by atoms with Crippen LogP contribution in [0.5, 0.6) is 0 Å². The lowest BCUT2D eigenvalue weighted by Gasteiger charge is -2.09. The standard InChI is InChI=1S/C10H10Br2FNO/c1-2-7(11)10(15)14-6-3-4-9(13)8(12)5-6/h3-5,7H,2H2,1H3,(H,14,15). The molecule has 0 saturated carbocycles. The fraction of sp³-hybridized carbons (Fsp3) is 0.300. The molecule has 0 aliphatic rings. The summed E-state index contributed by atoms with van der Waals surface area (Å²) >= 11 is 6.29. The SMILES string of the molecule is CCC(Br)C(=O)Nc1ccc(F)c(Br)c1. The van der Waals surface area contributed by atoms with Crippen LogP contribution in [0.3, 0.4) is 0 Å². The summed E-state index contributed by atoms with van der Waals surface area (Å²) in [5.74, 6) is -0.477. The summed E-state index contributed by atoms with van der Waals surface area (Å²) in [6.45, 7) is 1.90. The summed E-state index contributed by atoms with van der Waals surface area (Å²) in [7, 11) is 0. The van der Waals surface area contributed by atoms with Crippen molar-refractivity contribution in [3.63, 3.8) is 0 Å². The van der Waals surface area contributed by atoms with Crippen LogP contribution < -0.4 is 5.32 Å². The predicted octanol–water partition coefficient (Wildman–Crippen LogP) is 3.70. The molecule has 1 aromatic carbocycles. The van der Waals surface area contributed by atoms with Gasteiger partial charge in [0.15, 0.2) is 0 Å². The second kappa shape index (κ2) is 5.61. The van der Waals surface area contributed by atoms with Crippen molar-refractivity contribution in [2.45, 2.75) is 18.2 Å². The summed E-state index contributed by atoms with van der Waals surface area (Å²) in [5.41, 5.74) is 0.575. The number of carbonyl (C=O) groups excluding carboxylic acids is 1. The number of nitrogens with one attached hydrogen (secondary N) is 1. The van der Waals surface area contributed by atoms with E-state index >= 15 is 0 Å². The molecular weight excluding hydrogens is 329 g/mol. The molecule has 1 amide bonds. The number of carbonyl (C=O) groups is 1. The quantitative estimate of drug-likeness (QED) is 0.836. The largest absolute Gasteiger partial charge is 0.325 e. The lowest BCUT2D eigenvalue weighted by atomic mass is 10.3. The van der Waals surface area contributed by atoms with Gasteiger partial charge in [-0.3, -0.25) is 4.79 Å². The number of rotatable bonds is 3. The van der Waals surface area contributed by atoms with Gasteiger partial charge >= 0.3 is 0 Å². The molecule has 1 aromatic rings. The monoisotopic (exact) mass is 337 g/mol. The highest BCUT2D eigenvalue weighted by Gasteiger charge is 2.12. The first-order valence-electron chi connectivity index (χ1n) is 4.44. The number of hydrogen-bond acceptors (Lipinski definition) is 1. The van der Waals surface area contributed by atoms with Crippen molar-refractivity contribution >= 4 is 43.5 Å². The van der Waals surface area contributed by atoms with Gasteiger partial charge in [-0.25, -0.2) is 4.39 Å². The lowest BCUT2D eigenvalue weighted by Crippen LogP contribution is -2.21. The lowest BCUT2D eigenvalue weighted by molar-refractivity contribution is -0.115. The first-order chi connectivity index (χ1) is 7.04. The molecule has 5 heteroatoms. The number of benzene rings is 1. The van der Waals surface area contributed by atoms with Gasteiger partial charge in [0.1, 0.15) is 5.82 Å². The van der Waals surface area contributed by atoms with Crippen LogP contribution in [0, 0.1) is 5.82 Å². The van der Waals surface area contributed by atoms with Gasteiger partial charge in [-0.2, -0.15) is 0 Å².